The van der Waals surface area contributed by atoms with Gasteiger partial charge in [0, 0.05) is 41.4 Å². The predicted octanol–water partition coefficient (Wildman–Crippen LogP) is 3.57. The number of benzene rings is 1. The van der Waals surface area contributed by atoms with Crippen LogP contribution in [0.2, 0.25) is 0 Å². The maximum absolute atomic E-state index is 12.2. The van der Waals surface area contributed by atoms with Crippen molar-refractivity contribution in [3.63, 3.8) is 0 Å². The number of nitrogens with one attached hydrogen (secondary N) is 1. The number of nitrogens with zero attached hydrogens (tertiary/aromatic N) is 2. The van der Waals surface area contributed by atoms with Crippen LogP contribution in [0.1, 0.15) is 38.8 Å². The molecule has 1 aromatic carbocycles. The maximum atomic E-state index is 12.2. The minimum atomic E-state index is -0.904. The Hall–Kier alpha value is -1.03. The molecule has 0 spiro atoms. The quantitative estimate of drug-likeness (QED) is 0.320. The van der Waals surface area contributed by atoms with Crippen LogP contribution in [0.4, 0.5) is 0 Å². The summed E-state index contributed by atoms with van der Waals surface area (Å²) in [6.07, 6.45) is 0. The number of ether oxygens (including phenoxy) is 2. The molecule has 8 heteroatoms. The van der Waals surface area contributed by atoms with E-state index in [9.17, 15) is 4.21 Å². The molecule has 1 aromatic rings. The van der Waals surface area contributed by atoms with E-state index >= 15 is 0 Å². The lowest BCUT2D eigenvalue weighted by Crippen LogP contribution is -2.39. The molecule has 0 fully saturated rings. The second kappa shape index (κ2) is 12.5. The highest BCUT2D eigenvalue weighted by Gasteiger charge is 2.19. The zero-order valence-corrected chi connectivity index (χ0v) is 21.6. The van der Waals surface area contributed by atoms with Gasteiger partial charge in [0.2, 0.25) is 0 Å². The van der Waals surface area contributed by atoms with Crippen LogP contribution in [-0.2, 0) is 17.3 Å². The number of aryl methyl sites for hydroxylation is 1. The smallest absolute Gasteiger partial charge is 0.193 e. The molecule has 1 atom stereocenters. The molecule has 0 aromatic heterocycles. The lowest BCUT2D eigenvalue weighted by atomic mass is 10.1. The Bertz CT molecular complexity index is 675. The average Bonchev–Trinajstić information content (AvgIpc) is 2.61. The first-order valence-electron chi connectivity index (χ1n) is 9.23. The van der Waals surface area contributed by atoms with Crippen molar-refractivity contribution in [2.45, 2.75) is 45.9 Å². The van der Waals surface area contributed by atoms with Gasteiger partial charge in [0.15, 0.2) is 17.5 Å². The minimum Gasteiger partial charge on any atom is -0.493 e. The van der Waals surface area contributed by atoms with Gasteiger partial charge in [-0.05, 0) is 57.9 Å². The lowest BCUT2D eigenvalue weighted by molar-refractivity contribution is 0.353. The van der Waals surface area contributed by atoms with Crippen LogP contribution < -0.4 is 14.8 Å². The van der Waals surface area contributed by atoms with E-state index in [2.05, 4.69) is 22.1 Å². The molecule has 0 aliphatic carbocycles. The number of aliphatic imine (C=N–C) groups is 1. The van der Waals surface area contributed by atoms with Crippen LogP contribution in [-0.4, -0.2) is 59.9 Å². The van der Waals surface area contributed by atoms with Crippen LogP contribution in [0.5, 0.6) is 11.5 Å². The monoisotopic (exact) mass is 525 g/mol. The van der Waals surface area contributed by atoms with Crippen LogP contribution in [0.3, 0.4) is 0 Å². The molecule has 1 N–H and O–H groups in total. The van der Waals surface area contributed by atoms with Crippen LogP contribution in [0.15, 0.2) is 17.1 Å². The molecular formula is C20H36IN3O3S. The molecule has 0 saturated carbocycles. The van der Waals surface area contributed by atoms with Crippen molar-refractivity contribution >= 4 is 40.7 Å². The van der Waals surface area contributed by atoms with Crippen molar-refractivity contribution in [3.8, 4) is 11.5 Å². The zero-order chi connectivity index (χ0) is 20.6. The molecule has 6 nitrogen and oxygen atoms in total. The molecule has 0 radical (unpaired) electrons. The van der Waals surface area contributed by atoms with Gasteiger partial charge in [0.05, 0.1) is 20.8 Å². The maximum Gasteiger partial charge on any atom is 0.193 e. The van der Waals surface area contributed by atoms with Gasteiger partial charge in [-0.15, -0.1) is 24.0 Å². The molecule has 162 valence electrons. The summed E-state index contributed by atoms with van der Waals surface area (Å²) < 4.78 is 22.8. The molecule has 0 aliphatic rings. The van der Waals surface area contributed by atoms with E-state index in [-0.39, 0.29) is 28.7 Å². The van der Waals surface area contributed by atoms with Gasteiger partial charge in [0.1, 0.15) is 0 Å². The molecule has 0 aliphatic heterocycles. The van der Waals surface area contributed by atoms with Gasteiger partial charge in [-0.2, -0.15) is 0 Å². The van der Waals surface area contributed by atoms with E-state index in [0.29, 0.717) is 24.6 Å². The summed E-state index contributed by atoms with van der Waals surface area (Å²) in [6, 6.07) is 3.99. The van der Waals surface area contributed by atoms with E-state index < -0.39 is 10.8 Å². The van der Waals surface area contributed by atoms with Gasteiger partial charge >= 0.3 is 0 Å². The molecule has 28 heavy (non-hydrogen) atoms. The van der Waals surface area contributed by atoms with Crippen molar-refractivity contribution < 1.29 is 13.7 Å². The molecular weight excluding hydrogens is 489 g/mol. The summed E-state index contributed by atoms with van der Waals surface area (Å²) in [5.41, 5.74) is 2.27. The standard InChI is InChI=1S/C20H35N3O3S.HI/c1-9-21-19(22-10-11-27(24)20(3,4)5)23(6)14-16-13-18(26-8)17(25-7)12-15(16)2;/h12-13H,9-11,14H2,1-8H3,(H,21,22);1H. The third-order valence-electron chi connectivity index (χ3n) is 4.17. The molecule has 1 rings (SSSR count). The number of halogens is 1. The summed E-state index contributed by atoms with van der Waals surface area (Å²) in [4.78, 5) is 6.72. The average molecular weight is 525 g/mol. The fraction of sp³-hybridized carbons (Fsp3) is 0.650. The fourth-order valence-electron chi connectivity index (χ4n) is 2.53. The first-order valence-corrected chi connectivity index (χ1v) is 10.5. The normalized spacial score (nSPS) is 12.8. The van der Waals surface area contributed by atoms with Gasteiger partial charge < -0.3 is 19.7 Å². The molecule has 0 bridgehead atoms. The van der Waals surface area contributed by atoms with Crippen molar-refractivity contribution in [2.24, 2.45) is 4.99 Å². The molecule has 1 unspecified atom stereocenters. The second-order valence-corrected chi connectivity index (χ2v) is 9.71. The van der Waals surface area contributed by atoms with E-state index in [1.807, 2.05) is 46.9 Å². The highest BCUT2D eigenvalue weighted by atomic mass is 127. The van der Waals surface area contributed by atoms with Crippen LogP contribution in [0, 0.1) is 6.92 Å². The third-order valence-corrected chi connectivity index (χ3v) is 6.09. The van der Waals surface area contributed by atoms with Crippen LogP contribution in [0.25, 0.3) is 0 Å². The largest absolute Gasteiger partial charge is 0.493 e. The van der Waals surface area contributed by atoms with E-state index in [4.69, 9.17) is 9.47 Å². The number of methoxy groups -OCH3 is 2. The van der Waals surface area contributed by atoms with Crippen molar-refractivity contribution in [2.75, 3.05) is 40.1 Å². The minimum absolute atomic E-state index is 0. The second-order valence-electron chi connectivity index (χ2n) is 7.39. The highest BCUT2D eigenvalue weighted by Crippen LogP contribution is 2.30. The van der Waals surface area contributed by atoms with Crippen molar-refractivity contribution in [3.05, 3.63) is 23.3 Å². The first-order chi connectivity index (χ1) is 12.6. The lowest BCUT2D eigenvalue weighted by Gasteiger charge is -2.24. The summed E-state index contributed by atoms with van der Waals surface area (Å²) in [6.45, 7) is 12.1. The first kappa shape index (κ1) is 27.0. The summed E-state index contributed by atoms with van der Waals surface area (Å²) in [7, 11) is 4.37. The third kappa shape index (κ3) is 8.14. The predicted molar refractivity (Wildman–Crippen MR) is 130 cm³/mol. The highest BCUT2D eigenvalue weighted by molar-refractivity contribution is 14.0. The van der Waals surface area contributed by atoms with Gasteiger partial charge in [0.25, 0.3) is 0 Å². The SMILES string of the molecule is CCNC(=NCCS(=O)C(C)(C)C)N(C)Cc1cc(OC)c(OC)cc1C.I. The molecule has 0 saturated heterocycles. The number of rotatable bonds is 8. The Morgan fingerprint density at radius 2 is 1.79 bits per heavy atom. The Morgan fingerprint density at radius 3 is 2.29 bits per heavy atom. The zero-order valence-electron chi connectivity index (χ0n) is 18.4. The van der Waals surface area contributed by atoms with Gasteiger partial charge in [-0.25, -0.2) is 0 Å². The Balaban J connectivity index is 0.00000729. The van der Waals surface area contributed by atoms with Gasteiger partial charge in [-0.3, -0.25) is 9.20 Å². The Labute approximate surface area is 189 Å². The summed E-state index contributed by atoms with van der Waals surface area (Å²) >= 11 is 0. The summed E-state index contributed by atoms with van der Waals surface area (Å²) in [5, 5.41) is 3.31. The topological polar surface area (TPSA) is 63.2 Å². The van der Waals surface area contributed by atoms with E-state index in [1.54, 1.807) is 14.2 Å². The van der Waals surface area contributed by atoms with Crippen molar-refractivity contribution in [1.29, 1.82) is 0 Å². The molecule has 0 amide bonds. The van der Waals surface area contributed by atoms with Crippen LogP contribution >= 0.6 is 24.0 Å². The van der Waals surface area contributed by atoms with Gasteiger partial charge in [-0.1, -0.05) is 0 Å². The van der Waals surface area contributed by atoms with Crippen molar-refractivity contribution in [1.82, 2.24) is 10.2 Å². The summed E-state index contributed by atoms with van der Waals surface area (Å²) in [5.74, 6) is 2.81. The van der Waals surface area contributed by atoms with E-state index in [1.165, 1.54) is 0 Å². The number of guanidine groups is 1. The van der Waals surface area contributed by atoms with E-state index in [0.717, 1.165) is 29.4 Å². The fourth-order valence-corrected chi connectivity index (χ4v) is 3.40. The number of hydrogen-bond acceptors (Lipinski definition) is 4. The Morgan fingerprint density at radius 1 is 1.21 bits per heavy atom. The molecule has 0 heterocycles. The number of hydrogen-bond donors (Lipinski definition) is 1. The Kier molecular flexibility index (Phi) is 12.1.